The van der Waals surface area contributed by atoms with Crippen molar-refractivity contribution in [1.29, 1.82) is 0 Å². The fourth-order valence-electron chi connectivity index (χ4n) is 3.49. The molecule has 2 aromatic rings. The van der Waals surface area contributed by atoms with E-state index in [4.69, 9.17) is 0 Å². The number of ether oxygens (including phenoxy) is 1. The first kappa shape index (κ1) is 24.0. The van der Waals surface area contributed by atoms with Gasteiger partial charge in [0.2, 0.25) is 0 Å². The van der Waals surface area contributed by atoms with E-state index in [1.165, 1.54) is 24.3 Å². The van der Waals surface area contributed by atoms with Crippen LogP contribution in [-0.2, 0) is 6.54 Å². The molecule has 0 unspecified atom stereocenters. The summed E-state index contributed by atoms with van der Waals surface area (Å²) in [7, 11) is 0. The molecule has 0 spiro atoms. The maximum atomic E-state index is 13.2. The third-order valence-electron chi connectivity index (χ3n) is 4.94. The summed E-state index contributed by atoms with van der Waals surface area (Å²) in [6, 6.07) is 10.2. The summed E-state index contributed by atoms with van der Waals surface area (Å²) in [5.41, 5.74) is 2.66. The van der Waals surface area contributed by atoms with Crippen molar-refractivity contribution in [3.63, 3.8) is 0 Å². The molecule has 0 aliphatic carbocycles. The van der Waals surface area contributed by atoms with Crippen LogP contribution in [0.5, 0.6) is 5.75 Å². The van der Waals surface area contributed by atoms with Crippen molar-refractivity contribution in [2.75, 3.05) is 29.9 Å². The van der Waals surface area contributed by atoms with Gasteiger partial charge in [-0.1, -0.05) is 24.3 Å². The Morgan fingerprint density at radius 2 is 1.91 bits per heavy atom. The molecule has 2 aromatic carbocycles. The summed E-state index contributed by atoms with van der Waals surface area (Å²) in [4.78, 5) is 28.6. The minimum Gasteiger partial charge on any atom is -0.406 e. The van der Waals surface area contributed by atoms with Crippen molar-refractivity contribution >= 4 is 23.4 Å². The number of alkyl halides is 3. The van der Waals surface area contributed by atoms with Crippen LogP contribution in [0.2, 0.25) is 0 Å². The number of rotatable bonds is 7. The average Bonchev–Trinajstić information content (AvgIpc) is 2.74. The third-order valence-corrected chi connectivity index (χ3v) is 4.94. The van der Waals surface area contributed by atoms with Gasteiger partial charge >= 0.3 is 18.4 Å². The molecule has 0 atom stereocenters. The van der Waals surface area contributed by atoms with E-state index in [-0.39, 0.29) is 18.3 Å². The number of anilines is 2. The monoisotopic (exact) mass is 462 g/mol. The van der Waals surface area contributed by atoms with Crippen molar-refractivity contribution in [2.24, 2.45) is 0 Å². The lowest BCUT2D eigenvalue weighted by atomic mass is 10.1. The molecular weight excluding hydrogens is 437 g/mol. The van der Waals surface area contributed by atoms with Gasteiger partial charge in [0.1, 0.15) is 5.75 Å². The van der Waals surface area contributed by atoms with Gasteiger partial charge in [0.05, 0.1) is 11.4 Å². The molecule has 0 radical (unpaired) electrons. The van der Waals surface area contributed by atoms with Crippen LogP contribution in [0.15, 0.2) is 55.1 Å². The van der Waals surface area contributed by atoms with Gasteiger partial charge in [0.25, 0.3) is 0 Å². The van der Waals surface area contributed by atoms with Crippen molar-refractivity contribution in [3.05, 3.63) is 66.2 Å². The van der Waals surface area contributed by atoms with Crippen LogP contribution in [0, 0.1) is 6.92 Å². The number of hydrogen-bond acceptors (Lipinski definition) is 3. The Bertz CT molecular complexity index is 1010. The van der Waals surface area contributed by atoms with E-state index in [1.807, 2.05) is 13.0 Å². The average molecular weight is 462 g/mol. The van der Waals surface area contributed by atoms with E-state index in [1.54, 1.807) is 28.0 Å². The maximum absolute atomic E-state index is 13.2. The predicted molar refractivity (Wildman–Crippen MR) is 119 cm³/mol. The summed E-state index contributed by atoms with van der Waals surface area (Å²) in [6.07, 6.45) is -2.51. The molecule has 7 nitrogen and oxygen atoms in total. The molecule has 176 valence electrons. The molecule has 0 bridgehead atoms. The van der Waals surface area contributed by atoms with Gasteiger partial charge in [0, 0.05) is 26.2 Å². The van der Waals surface area contributed by atoms with E-state index in [2.05, 4.69) is 21.9 Å². The molecule has 1 fully saturated rings. The van der Waals surface area contributed by atoms with Crippen LogP contribution >= 0.6 is 0 Å². The zero-order chi connectivity index (χ0) is 24.0. The molecule has 1 aliphatic heterocycles. The first-order chi connectivity index (χ1) is 15.7. The second-order valence-corrected chi connectivity index (χ2v) is 7.55. The Balaban J connectivity index is 1.74. The summed E-state index contributed by atoms with van der Waals surface area (Å²) >= 11 is 0. The number of amides is 4. The highest BCUT2D eigenvalue weighted by molar-refractivity contribution is 6.00. The number of carbonyl (C=O) groups is 2. The summed E-state index contributed by atoms with van der Waals surface area (Å²) in [6.45, 7) is 6.95. The Morgan fingerprint density at radius 3 is 2.58 bits per heavy atom. The SMILES string of the molecule is C=CCNC(=O)Nc1cc(C)ccc1N1CCCN(Cc2ccc(OC(F)(F)F)cc2)C1=O. The maximum Gasteiger partial charge on any atom is 0.573 e. The smallest absolute Gasteiger partial charge is 0.406 e. The number of carbonyl (C=O) groups excluding carboxylic acids is 2. The van der Waals surface area contributed by atoms with Crippen LogP contribution in [-0.4, -0.2) is 43.0 Å². The molecule has 10 heteroatoms. The fraction of sp³-hybridized carbons (Fsp3) is 0.304. The number of halogens is 3. The van der Waals surface area contributed by atoms with Gasteiger partial charge < -0.3 is 20.3 Å². The number of nitrogens with zero attached hydrogens (tertiary/aromatic N) is 2. The number of nitrogens with one attached hydrogen (secondary N) is 2. The second-order valence-electron chi connectivity index (χ2n) is 7.55. The largest absolute Gasteiger partial charge is 0.573 e. The molecule has 33 heavy (non-hydrogen) atoms. The molecule has 1 aliphatic rings. The quantitative estimate of drug-likeness (QED) is 0.567. The highest BCUT2D eigenvalue weighted by Crippen LogP contribution is 2.30. The Kier molecular flexibility index (Phi) is 7.47. The Labute approximate surface area is 189 Å². The summed E-state index contributed by atoms with van der Waals surface area (Å²) in [5.74, 6) is -0.317. The van der Waals surface area contributed by atoms with Gasteiger partial charge in [-0.2, -0.15) is 0 Å². The van der Waals surface area contributed by atoms with Crippen molar-refractivity contribution in [3.8, 4) is 5.75 Å². The minimum absolute atomic E-state index is 0.232. The van der Waals surface area contributed by atoms with Crippen molar-refractivity contribution in [1.82, 2.24) is 10.2 Å². The van der Waals surface area contributed by atoms with E-state index in [0.29, 0.717) is 43.0 Å². The molecule has 1 heterocycles. The van der Waals surface area contributed by atoms with E-state index in [0.717, 1.165) is 5.56 Å². The van der Waals surface area contributed by atoms with Gasteiger partial charge in [-0.25, -0.2) is 9.59 Å². The highest BCUT2D eigenvalue weighted by Gasteiger charge is 2.31. The second kappa shape index (κ2) is 10.3. The molecule has 0 saturated carbocycles. The number of urea groups is 2. The van der Waals surface area contributed by atoms with Gasteiger partial charge in [0.15, 0.2) is 0 Å². The first-order valence-electron chi connectivity index (χ1n) is 10.3. The van der Waals surface area contributed by atoms with Crippen LogP contribution in [0.1, 0.15) is 17.5 Å². The number of benzene rings is 2. The van der Waals surface area contributed by atoms with Crippen molar-refractivity contribution < 1.29 is 27.5 Å². The van der Waals surface area contributed by atoms with Gasteiger partial charge in [-0.15, -0.1) is 19.8 Å². The predicted octanol–water partition coefficient (Wildman–Crippen LogP) is 5.03. The van der Waals surface area contributed by atoms with Gasteiger partial charge in [-0.05, 0) is 48.7 Å². The van der Waals surface area contributed by atoms with Gasteiger partial charge in [-0.3, -0.25) is 4.90 Å². The molecule has 0 aromatic heterocycles. The lowest BCUT2D eigenvalue weighted by Crippen LogP contribution is -2.49. The third kappa shape index (κ3) is 6.64. The standard InChI is InChI=1S/C23H25F3N4O3/c1-3-11-27-21(31)28-19-14-16(2)5-10-20(19)30-13-4-12-29(22(30)32)15-17-6-8-18(9-7-17)33-23(24,25)26/h3,5-10,14H,1,4,11-13,15H2,2H3,(H2,27,28,31). The number of aryl methyl sites for hydroxylation is 1. The topological polar surface area (TPSA) is 73.9 Å². The highest BCUT2D eigenvalue weighted by atomic mass is 19.4. The summed E-state index contributed by atoms with van der Waals surface area (Å²) in [5, 5.41) is 5.42. The zero-order valence-electron chi connectivity index (χ0n) is 18.1. The molecule has 4 amide bonds. The molecule has 2 N–H and O–H groups in total. The molecule has 3 rings (SSSR count). The minimum atomic E-state index is -4.76. The normalized spacial score (nSPS) is 14.1. The fourth-order valence-corrected chi connectivity index (χ4v) is 3.49. The van der Waals surface area contributed by atoms with Crippen LogP contribution in [0.3, 0.4) is 0 Å². The number of hydrogen-bond donors (Lipinski definition) is 2. The van der Waals surface area contributed by atoms with Crippen LogP contribution in [0.4, 0.5) is 34.1 Å². The lowest BCUT2D eigenvalue weighted by Gasteiger charge is -2.36. The van der Waals surface area contributed by atoms with E-state index >= 15 is 0 Å². The van der Waals surface area contributed by atoms with E-state index in [9.17, 15) is 22.8 Å². The van der Waals surface area contributed by atoms with E-state index < -0.39 is 12.4 Å². The Morgan fingerprint density at radius 1 is 1.18 bits per heavy atom. The lowest BCUT2D eigenvalue weighted by molar-refractivity contribution is -0.274. The Hall–Kier alpha value is -3.69. The zero-order valence-corrected chi connectivity index (χ0v) is 18.1. The summed E-state index contributed by atoms with van der Waals surface area (Å²) < 4.78 is 40.9. The van der Waals surface area contributed by atoms with Crippen LogP contribution in [0.25, 0.3) is 0 Å². The van der Waals surface area contributed by atoms with Crippen molar-refractivity contribution in [2.45, 2.75) is 26.3 Å². The van der Waals surface area contributed by atoms with Crippen LogP contribution < -0.4 is 20.3 Å². The first-order valence-corrected chi connectivity index (χ1v) is 10.3. The molecular formula is C23H25F3N4O3. The molecule has 1 saturated heterocycles.